The lowest BCUT2D eigenvalue weighted by atomic mass is 9.81. The van der Waals surface area contributed by atoms with Crippen molar-refractivity contribution >= 4 is 28.3 Å². The first-order valence-electron chi connectivity index (χ1n) is 10.6. The maximum absolute atomic E-state index is 13.0. The van der Waals surface area contributed by atoms with Gasteiger partial charge in [-0.15, -0.1) is 0 Å². The van der Waals surface area contributed by atoms with E-state index in [0.29, 0.717) is 53.7 Å². The molecule has 3 aromatic rings. The summed E-state index contributed by atoms with van der Waals surface area (Å²) in [5, 5.41) is 3.82. The largest absolute Gasteiger partial charge is 0.490 e. The topological polar surface area (TPSA) is 98.7 Å². The number of halogens is 1. The van der Waals surface area contributed by atoms with Crippen molar-refractivity contribution in [3.63, 3.8) is 0 Å². The van der Waals surface area contributed by atoms with Crippen LogP contribution in [0.25, 0.3) is 0 Å². The van der Waals surface area contributed by atoms with Crippen LogP contribution in [0.4, 0.5) is 15.5 Å². The Labute approximate surface area is 193 Å². The normalized spacial score (nSPS) is 20.1. The minimum Gasteiger partial charge on any atom is -0.490 e. The molecule has 5 rings (SSSR count). The second-order valence-corrected chi connectivity index (χ2v) is 8.75. The Balaban J connectivity index is 1.08. The van der Waals surface area contributed by atoms with Crippen LogP contribution in [0.5, 0.6) is 16.6 Å². The van der Waals surface area contributed by atoms with Crippen molar-refractivity contribution in [2.75, 3.05) is 36.5 Å². The van der Waals surface area contributed by atoms with Crippen LogP contribution in [0.2, 0.25) is 0 Å². The second-order valence-electron chi connectivity index (χ2n) is 7.76. The fourth-order valence-corrected chi connectivity index (χ4v) is 4.25. The maximum Gasteiger partial charge on any atom is 0.229 e. The highest BCUT2D eigenvalue weighted by Crippen LogP contribution is 2.34. The van der Waals surface area contributed by atoms with Crippen molar-refractivity contribution in [1.82, 2.24) is 15.0 Å². The molecule has 1 amide bonds. The number of ether oxygens (including phenoxy) is 3. The fourth-order valence-electron chi connectivity index (χ4n) is 3.56. The number of carbonyl (C=O) groups is 1. The maximum atomic E-state index is 13.0. The van der Waals surface area contributed by atoms with Crippen molar-refractivity contribution in [1.29, 1.82) is 0 Å². The SMILES string of the molecule is O=C(Nc1ncc(Oc2cnc(N3CCOCC3)nc2)s1)C1CC(Oc2ccc(F)cc2)C1. The van der Waals surface area contributed by atoms with E-state index in [4.69, 9.17) is 14.2 Å². The minimum atomic E-state index is -0.308. The van der Waals surface area contributed by atoms with Crippen molar-refractivity contribution in [2.45, 2.75) is 18.9 Å². The number of anilines is 2. The molecule has 2 aromatic heterocycles. The van der Waals surface area contributed by atoms with Gasteiger partial charge in [0.15, 0.2) is 10.9 Å². The quantitative estimate of drug-likeness (QED) is 0.559. The molecule has 1 aliphatic heterocycles. The van der Waals surface area contributed by atoms with Crippen LogP contribution in [0.1, 0.15) is 12.8 Å². The predicted molar refractivity (Wildman–Crippen MR) is 119 cm³/mol. The zero-order valence-electron chi connectivity index (χ0n) is 17.6. The van der Waals surface area contributed by atoms with Crippen molar-refractivity contribution < 1.29 is 23.4 Å². The molecule has 1 aromatic carbocycles. The van der Waals surface area contributed by atoms with E-state index in [1.807, 2.05) is 0 Å². The Bertz CT molecular complexity index is 1080. The van der Waals surface area contributed by atoms with Crippen molar-refractivity contribution in [3.05, 3.63) is 48.7 Å². The summed E-state index contributed by atoms with van der Waals surface area (Å²) in [7, 11) is 0. The van der Waals surface area contributed by atoms with Crippen LogP contribution < -0.4 is 19.7 Å². The monoisotopic (exact) mass is 471 g/mol. The van der Waals surface area contributed by atoms with Gasteiger partial charge in [0, 0.05) is 19.0 Å². The Morgan fingerprint density at radius 2 is 1.79 bits per heavy atom. The number of nitrogens with zero attached hydrogens (tertiary/aromatic N) is 4. The van der Waals surface area contributed by atoms with Crippen LogP contribution in [-0.2, 0) is 9.53 Å². The zero-order valence-corrected chi connectivity index (χ0v) is 18.5. The van der Waals surface area contributed by atoms with Gasteiger partial charge >= 0.3 is 0 Å². The number of thiazole rings is 1. The fraction of sp³-hybridized carbons (Fsp3) is 0.364. The van der Waals surface area contributed by atoms with Crippen LogP contribution in [-0.4, -0.2) is 53.3 Å². The Morgan fingerprint density at radius 3 is 2.52 bits per heavy atom. The van der Waals surface area contributed by atoms with Crippen LogP contribution in [0, 0.1) is 11.7 Å². The van der Waals surface area contributed by atoms with E-state index in [1.54, 1.807) is 30.7 Å². The van der Waals surface area contributed by atoms with E-state index < -0.39 is 0 Å². The molecule has 9 nitrogen and oxygen atoms in total. The summed E-state index contributed by atoms with van der Waals surface area (Å²) >= 11 is 1.23. The number of morpholine rings is 1. The summed E-state index contributed by atoms with van der Waals surface area (Å²) in [6.45, 7) is 2.86. The average Bonchev–Trinajstić information content (AvgIpc) is 3.24. The molecule has 0 atom stereocenters. The number of amides is 1. The Kier molecular flexibility index (Phi) is 6.31. The third kappa shape index (κ3) is 5.37. The van der Waals surface area contributed by atoms with Gasteiger partial charge in [0.05, 0.1) is 31.8 Å². The number of hydrogen-bond acceptors (Lipinski definition) is 9. The molecule has 0 radical (unpaired) electrons. The predicted octanol–water partition coefficient (Wildman–Crippen LogP) is 3.50. The molecule has 11 heteroatoms. The number of hydrogen-bond donors (Lipinski definition) is 1. The van der Waals surface area contributed by atoms with Gasteiger partial charge in [-0.2, -0.15) is 0 Å². The number of carbonyl (C=O) groups excluding carboxylic acids is 1. The van der Waals surface area contributed by atoms with E-state index in [9.17, 15) is 9.18 Å². The van der Waals surface area contributed by atoms with Crippen LogP contribution >= 0.6 is 11.3 Å². The third-order valence-electron chi connectivity index (χ3n) is 5.42. The molecular formula is C22H22FN5O4S. The molecule has 0 spiro atoms. The Morgan fingerprint density at radius 1 is 1.06 bits per heavy atom. The van der Waals surface area contributed by atoms with Gasteiger partial charge < -0.3 is 24.4 Å². The number of aromatic nitrogens is 3. The first-order chi connectivity index (χ1) is 16.1. The summed E-state index contributed by atoms with van der Waals surface area (Å²) in [5.74, 6) is 1.18. The molecule has 1 aliphatic carbocycles. The standard InChI is InChI=1S/C22H22FN5O4S/c23-15-1-3-16(4-2-15)31-17-9-14(10-17)20(29)27-22-26-13-19(33-22)32-18-11-24-21(25-12-18)28-5-7-30-8-6-28/h1-4,11-14,17H,5-10H2,(H,26,27,29). The summed E-state index contributed by atoms with van der Waals surface area (Å²) in [5.41, 5.74) is 0. The zero-order chi connectivity index (χ0) is 22.6. The van der Waals surface area contributed by atoms with Gasteiger partial charge in [-0.3, -0.25) is 4.79 Å². The molecule has 1 saturated heterocycles. The van der Waals surface area contributed by atoms with E-state index in [2.05, 4.69) is 25.2 Å². The molecule has 1 saturated carbocycles. The van der Waals surface area contributed by atoms with Crippen LogP contribution in [0.3, 0.4) is 0 Å². The summed E-state index contributed by atoms with van der Waals surface area (Å²) in [6.07, 6.45) is 5.94. The lowest BCUT2D eigenvalue weighted by molar-refractivity contribution is -0.125. The molecule has 0 unspecified atom stereocenters. The summed E-state index contributed by atoms with van der Waals surface area (Å²) < 4.78 is 29.8. The molecule has 33 heavy (non-hydrogen) atoms. The lowest BCUT2D eigenvalue weighted by Crippen LogP contribution is -2.40. The van der Waals surface area contributed by atoms with E-state index in [0.717, 1.165) is 13.1 Å². The molecule has 2 fully saturated rings. The number of benzene rings is 1. The second kappa shape index (κ2) is 9.67. The highest BCUT2D eigenvalue weighted by Gasteiger charge is 2.36. The summed E-state index contributed by atoms with van der Waals surface area (Å²) in [4.78, 5) is 27.4. The van der Waals surface area contributed by atoms with Gasteiger partial charge in [0.1, 0.15) is 17.7 Å². The average molecular weight is 472 g/mol. The summed E-state index contributed by atoms with van der Waals surface area (Å²) in [6, 6.07) is 5.87. The highest BCUT2D eigenvalue weighted by molar-refractivity contribution is 7.17. The van der Waals surface area contributed by atoms with E-state index in [-0.39, 0.29) is 23.7 Å². The number of nitrogens with one attached hydrogen (secondary N) is 1. The first kappa shape index (κ1) is 21.5. The van der Waals surface area contributed by atoms with Crippen LogP contribution in [0.15, 0.2) is 42.9 Å². The molecule has 3 heterocycles. The van der Waals surface area contributed by atoms with Gasteiger partial charge in [0.2, 0.25) is 16.9 Å². The third-order valence-corrected chi connectivity index (χ3v) is 6.21. The van der Waals surface area contributed by atoms with E-state index in [1.165, 1.54) is 23.5 Å². The smallest absolute Gasteiger partial charge is 0.229 e. The van der Waals surface area contributed by atoms with Gasteiger partial charge in [-0.05, 0) is 37.1 Å². The molecule has 2 aliphatic rings. The lowest BCUT2D eigenvalue weighted by Gasteiger charge is -2.34. The van der Waals surface area contributed by atoms with Crippen molar-refractivity contribution in [2.24, 2.45) is 5.92 Å². The Hall–Kier alpha value is -3.31. The number of rotatable bonds is 7. The van der Waals surface area contributed by atoms with Crippen molar-refractivity contribution in [3.8, 4) is 16.6 Å². The highest BCUT2D eigenvalue weighted by atomic mass is 32.1. The van der Waals surface area contributed by atoms with Gasteiger partial charge in [-0.1, -0.05) is 11.3 Å². The minimum absolute atomic E-state index is 0.0539. The first-order valence-corrected chi connectivity index (χ1v) is 11.5. The molecule has 172 valence electrons. The van der Waals surface area contributed by atoms with E-state index >= 15 is 0 Å². The molecule has 1 N–H and O–H groups in total. The van der Waals surface area contributed by atoms with Gasteiger partial charge in [0.25, 0.3) is 0 Å². The van der Waals surface area contributed by atoms with Gasteiger partial charge in [-0.25, -0.2) is 19.3 Å². The molecule has 0 bridgehead atoms. The molecular weight excluding hydrogens is 449 g/mol.